The molecule has 2 heterocycles. The molecule has 0 radical (unpaired) electrons. The number of nitrogens with zero attached hydrogens (tertiary/aromatic N) is 1. The first-order valence-corrected chi connectivity index (χ1v) is 6.56. The third-order valence-electron chi connectivity index (χ3n) is 2.72. The van der Waals surface area contributed by atoms with Crippen LogP contribution in [-0.2, 0) is 19.7 Å². The van der Waals surface area contributed by atoms with Crippen molar-refractivity contribution in [2.75, 3.05) is 0 Å². The maximum absolute atomic E-state index is 5.76. The number of aromatic nitrogens is 1. The molecule has 5 heteroatoms. The Morgan fingerprint density at radius 1 is 1.35 bits per heavy atom. The molecule has 0 unspecified atom stereocenters. The maximum Gasteiger partial charge on any atom is 0.183 e. The highest BCUT2D eigenvalue weighted by atomic mass is 35.5. The summed E-state index contributed by atoms with van der Waals surface area (Å²) in [6.07, 6.45) is 1.75. The summed E-state index contributed by atoms with van der Waals surface area (Å²) in [4.78, 5) is 5.02. The molecule has 1 aliphatic rings. The third-order valence-corrected chi connectivity index (χ3v) is 3.80. The van der Waals surface area contributed by atoms with Crippen molar-refractivity contribution >= 4 is 22.9 Å². The first-order chi connectivity index (χ1) is 8.31. The van der Waals surface area contributed by atoms with Crippen molar-refractivity contribution in [3.63, 3.8) is 0 Å². The van der Waals surface area contributed by atoms with E-state index in [-0.39, 0.29) is 0 Å². The van der Waals surface area contributed by atoms with E-state index in [9.17, 15) is 0 Å². The second-order valence-electron chi connectivity index (χ2n) is 3.90. The number of nitrogens with one attached hydrogen (secondary N) is 1. The highest BCUT2D eigenvalue weighted by molar-refractivity contribution is 7.15. The smallest absolute Gasteiger partial charge is 0.183 e. The fourth-order valence-electron chi connectivity index (χ4n) is 1.87. The van der Waals surface area contributed by atoms with E-state index in [1.54, 1.807) is 6.20 Å². The van der Waals surface area contributed by atoms with Gasteiger partial charge in [-0.1, -0.05) is 17.7 Å². The van der Waals surface area contributed by atoms with Crippen LogP contribution < -0.4 is 10.1 Å². The molecule has 2 aromatic rings. The first-order valence-electron chi connectivity index (χ1n) is 5.37. The monoisotopic (exact) mass is 266 g/mol. The van der Waals surface area contributed by atoms with Gasteiger partial charge in [0.2, 0.25) is 0 Å². The van der Waals surface area contributed by atoms with Crippen LogP contribution in [0.15, 0.2) is 24.4 Å². The Morgan fingerprint density at radius 3 is 3.06 bits per heavy atom. The van der Waals surface area contributed by atoms with Crippen LogP contribution >= 0.6 is 22.9 Å². The number of fused-ring (bicyclic) bond motifs is 1. The van der Waals surface area contributed by atoms with Gasteiger partial charge in [-0.05, 0) is 23.3 Å². The average molecular weight is 267 g/mol. The summed E-state index contributed by atoms with van der Waals surface area (Å²) < 4.78 is 6.27. The lowest BCUT2D eigenvalue weighted by Gasteiger charge is -2.06. The molecule has 1 N–H and O–H groups in total. The largest absolute Gasteiger partial charge is 0.488 e. The quantitative estimate of drug-likeness (QED) is 0.927. The van der Waals surface area contributed by atoms with E-state index in [1.165, 1.54) is 22.5 Å². The Balaban J connectivity index is 1.69. The Labute approximate surface area is 108 Å². The molecular weight excluding hydrogens is 256 g/mol. The van der Waals surface area contributed by atoms with E-state index in [0.29, 0.717) is 11.1 Å². The van der Waals surface area contributed by atoms with Crippen molar-refractivity contribution in [1.29, 1.82) is 0 Å². The maximum atomic E-state index is 5.76. The number of halogens is 1. The fraction of sp³-hybridized carbons (Fsp3) is 0.250. The molecule has 0 aliphatic carbocycles. The van der Waals surface area contributed by atoms with Crippen molar-refractivity contribution in [2.24, 2.45) is 0 Å². The van der Waals surface area contributed by atoms with E-state index < -0.39 is 0 Å². The lowest BCUT2D eigenvalue weighted by Crippen LogP contribution is -1.99. The highest BCUT2D eigenvalue weighted by Gasteiger charge is 2.10. The molecule has 0 fully saturated rings. The van der Waals surface area contributed by atoms with Crippen LogP contribution in [0, 0.1) is 0 Å². The molecule has 0 amide bonds. The van der Waals surface area contributed by atoms with Gasteiger partial charge in [0.05, 0.1) is 4.88 Å². The summed E-state index contributed by atoms with van der Waals surface area (Å²) in [6.45, 7) is 2.41. The second-order valence-corrected chi connectivity index (χ2v) is 5.60. The summed E-state index contributed by atoms with van der Waals surface area (Å²) in [6, 6.07) is 6.22. The molecule has 1 aromatic heterocycles. The van der Waals surface area contributed by atoms with Crippen LogP contribution in [-0.4, -0.2) is 4.98 Å². The number of rotatable bonds is 3. The van der Waals surface area contributed by atoms with Crippen LogP contribution in [0.25, 0.3) is 0 Å². The topological polar surface area (TPSA) is 34.1 Å². The zero-order valence-electron chi connectivity index (χ0n) is 9.07. The summed E-state index contributed by atoms with van der Waals surface area (Å²) in [5.74, 6) is 0.900. The van der Waals surface area contributed by atoms with Crippen molar-refractivity contribution in [2.45, 2.75) is 19.7 Å². The van der Waals surface area contributed by atoms with Crippen LogP contribution in [0.3, 0.4) is 0 Å². The van der Waals surface area contributed by atoms with Crippen molar-refractivity contribution in [1.82, 2.24) is 10.3 Å². The molecular formula is C12H11ClN2OS. The van der Waals surface area contributed by atoms with E-state index in [2.05, 4.69) is 22.4 Å². The number of hydrogen-bond donors (Lipinski definition) is 1. The number of benzene rings is 1. The Hall–Kier alpha value is -1.10. The molecule has 0 spiro atoms. The van der Waals surface area contributed by atoms with E-state index in [1.807, 2.05) is 6.07 Å². The van der Waals surface area contributed by atoms with E-state index >= 15 is 0 Å². The van der Waals surface area contributed by atoms with Gasteiger partial charge in [0.1, 0.15) is 12.4 Å². The molecule has 1 aliphatic heterocycles. The SMILES string of the molecule is Clc1ncc(COc2ccc3c(c2)CNC3)s1. The van der Waals surface area contributed by atoms with Crippen molar-refractivity contribution in [3.8, 4) is 5.75 Å². The minimum Gasteiger partial charge on any atom is -0.488 e. The van der Waals surface area contributed by atoms with Crippen LogP contribution in [0.1, 0.15) is 16.0 Å². The Morgan fingerprint density at radius 2 is 2.24 bits per heavy atom. The van der Waals surface area contributed by atoms with Crippen molar-refractivity contribution < 1.29 is 4.74 Å². The molecule has 0 bridgehead atoms. The number of ether oxygens (including phenoxy) is 1. The van der Waals surface area contributed by atoms with Gasteiger partial charge in [-0.25, -0.2) is 4.98 Å². The molecule has 88 valence electrons. The highest BCUT2D eigenvalue weighted by Crippen LogP contribution is 2.24. The Bertz CT molecular complexity index is 541. The van der Waals surface area contributed by atoms with Crippen LogP contribution in [0.5, 0.6) is 5.75 Å². The molecule has 3 rings (SSSR count). The Kier molecular flexibility index (Phi) is 3.01. The lowest BCUT2D eigenvalue weighted by molar-refractivity contribution is 0.309. The van der Waals surface area contributed by atoms with E-state index in [0.717, 1.165) is 23.7 Å². The minimum absolute atomic E-state index is 0.524. The van der Waals surface area contributed by atoms with Gasteiger partial charge in [0.25, 0.3) is 0 Å². The second kappa shape index (κ2) is 4.64. The van der Waals surface area contributed by atoms with Gasteiger partial charge in [0, 0.05) is 19.3 Å². The van der Waals surface area contributed by atoms with Gasteiger partial charge < -0.3 is 10.1 Å². The molecule has 3 nitrogen and oxygen atoms in total. The zero-order valence-corrected chi connectivity index (χ0v) is 10.6. The van der Waals surface area contributed by atoms with Crippen LogP contribution in [0.2, 0.25) is 4.47 Å². The molecule has 17 heavy (non-hydrogen) atoms. The number of thiazole rings is 1. The van der Waals surface area contributed by atoms with Crippen molar-refractivity contribution in [3.05, 3.63) is 44.9 Å². The average Bonchev–Trinajstić information content (AvgIpc) is 2.94. The zero-order chi connectivity index (χ0) is 11.7. The fourth-order valence-corrected chi connectivity index (χ4v) is 2.76. The normalized spacial score (nSPS) is 13.7. The third kappa shape index (κ3) is 2.44. The van der Waals surface area contributed by atoms with Gasteiger partial charge >= 0.3 is 0 Å². The predicted molar refractivity (Wildman–Crippen MR) is 68.4 cm³/mol. The molecule has 1 aromatic carbocycles. The minimum atomic E-state index is 0.524. The van der Waals surface area contributed by atoms with Gasteiger partial charge in [-0.3, -0.25) is 0 Å². The lowest BCUT2D eigenvalue weighted by atomic mass is 10.1. The van der Waals surface area contributed by atoms with Gasteiger partial charge in [-0.2, -0.15) is 0 Å². The molecule has 0 atom stereocenters. The molecule has 0 saturated carbocycles. The summed E-state index contributed by atoms with van der Waals surface area (Å²) in [5, 5.41) is 3.31. The van der Waals surface area contributed by atoms with E-state index in [4.69, 9.17) is 16.3 Å². The van der Waals surface area contributed by atoms with Gasteiger partial charge in [0.15, 0.2) is 4.47 Å². The van der Waals surface area contributed by atoms with Gasteiger partial charge in [-0.15, -0.1) is 11.3 Å². The predicted octanol–water partition coefficient (Wildman–Crippen LogP) is 2.98. The summed E-state index contributed by atoms with van der Waals surface area (Å²) in [5.41, 5.74) is 2.68. The summed E-state index contributed by atoms with van der Waals surface area (Å²) >= 11 is 7.21. The standard InChI is InChI=1S/C12H11ClN2OS/c13-12-15-6-11(17-12)7-16-10-2-1-8-4-14-5-9(8)3-10/h1-3,6,14H,4-5,7H2. The van der Waals surface area contributed by atoms with Crippen LogP contribution in [0.4, 0.5) is 0 Å². The first kappa shape index (κ1) is 11.0. The molecule has 0 saturated heterocycles. The number of hydrogen-bond acceptors (Lipinski definition) is 4. The summed E-state index contributed by atoms with van der Waals surface area (Å²) in [7, 11) is 0.